The van der Waals surface area contributed by atoms with E-state index in [1.807, 2.05) is 0 Å². The fourth-order valence-electron chi connectivity index (χ4n) is 0. The molecule has 0 atom stereocenters. The van der Waals surface area contributed by atoms with E-state index in [1.54, 1.807) is 0 Å². The maximum atomic E-state index is 8.72. The van der Waals surface area contributed by atoms with Gasteiger partial charge in [0.15, 0.2) is 0 Å². The summed E-state index contributed by atoms with van der Waals surface area (Å²) < 4.78 is 67.3. The van der Waals surface area contributed by atoms with Gasteiger partial charge in [0.2, 0.25) is 0 Å². The molecule has 0 saturated heterocycles. The maximum Gasteiger partial charge on any atom is 3.00 e. The van der Waals surface area contributed by atoms with Crippen molar-refractivity contribution in [3.8, 4) is 0 Å². The first-order valence-corrected chi connectivity index (χ1v) is 5.89. The van der Waals surface area contributed by atoms with Crippen molar-refractivity contribution in [3.05, 3.63) is 0 Å². The van der Waals surface area contributed by atoms with Crippen LogP contribution in [0.5, 0.6) is 0 Å². The Morgan fingerprint density at radius 2 is 1.15 bits per heavy atom. The van der Waals surface area contributed by atoms with Crippen molar-refractivity contribution in [3.63, 3.8) is 0 Å². The molecule has 0 aromatic rings. The molecule has 3 radical (unpaired) electrons. The molecule has 0 aromatic heterocycles. The van der Waals surface area contributed by atoms with Crippen LogP contribution >= 0.6 is 0 Å². The Balaban J connectivity index is -0.0000000267. The molecule has 13 heavy (non-hydrogen) atoms. The van der Waals surface area contributed by atoms with Gasteiger partial charge in [-0.1, -0.05) is 0 Å². The molecule has 13 heteroatoms. The van der Waals surface area contributed by atoms with Gasteiger partial charge < -0.3 is 14.6 Å². The van der Waals surface area contributed by atoms with Gasteiger partial charge in [0.05, 0.1) is 0 Å². The molecule has 0 bridgehead atoms. The van der Waals surface area contributed by atoms with Gasteiger partial charge in [-0.2, -0.15) is 0 Å². The van der Waals surface area contributed by atoms with Gasteiger partial charge >= 0.3 is 74.9 Å². The standard InChI is InChI=1S/AsH3O4.Fe.H2O4S.H2O.Pb/c2-1(3,4)5;;1-5(2,3)4;;/h(H3,2,3,4,5);;(H2,1,2,3,4);1H2;/q;+3;;;+2/p-5. The Hall–Kier alpha value is 1.51. The second kappa shape index (κ2) is 11.6. The maximum absolute atomic E-state index is 8.72. The first-order valence-electron chi connectivity index (χ1n) is 1.41. The molecule has 0 amide bonds. The average Bonchev–Trinajstić information content (AvgIpc) is 1.12. The summed E-state index contributed by atoms with van der Waals surface area (Å²) in [7, 11) is -5.17. The molecule has 0 fully saturated rings. The quantitative estimate of drug-likeness (QED) is 0.186. The predicted octanol–water partition coefficient (Wildman–Crippen LogP) is -5.33. The van der Waals surface area contributed by atoms with Crippen molar-refractivity contribution >= 4 is 52.2 Å². The van der Waals surface area contributed by atoms with Crippen LogP contribution in [-0.4, -0.2) is 68.9 Å². The van der Waals surface area contributed by atoms with Gasteiger partial charge in [0.1, 0.15) is 0 Å². The zero-order chi connectivity index (χ0) is 9.00. The summed E-state index contributed by atoms with van der Waals surface area (Å²) in [6.07, 6.45) is 0. The zero-order valence-corrected chi connectivity index (χ0v) is 13.1. The summed E-state index contributed by atoms with van der Waals surface area (Å²) in [5, 5.41) is 0. The van der Waals surface area contributed by atoms with Gasteiger partial charge in [0, 0.05) is 10.4 Å². The van der Waals surface area contributed by atoms with E-state index in [4.69, 9.17) is 33.5 Å². The van der Waals surface area contributed by atoms with Crippen molar-refractivity contribution < 1.29 is 56.1 Å². The normalized spacial score (nSPS) is 9.00. The van der Waals surface area contributed by atoms with E-state index in [2.05, 4.69) is 0 Å². The largest absolute Gasteiger partial charge is 3.00 e. The van der Waals surface area contributed by atoms with Gasteiger partial charge in [-0.15, -0.1) is 0 Å². The molecule has 0 unspecified atom stereocenters. The molecule has 0 aliphatic carbocycles. The fraction of sp³-hybridized carbons (Fsp3) is 0. The van der Waals surface area contributed by atoms with Crippen molar-refractivity contribution in [2.45, 2.75) is 0 Å². The summed E-state index contributed by atoms with van der Waals surface area (Å²) in [5.74, 6) is 0. The summed E-state index contributed by atoms with van der Waals surface area (Å²) in [6.45, 7) is 0. The number of hydrogen-bond donors (Lipinski definition) is 1. The summed E-state index contributed by atoms with van der Waals surface area (Å²) in [4.78, 5) is 0. The molecule has 0 rings (SSSR count). The van der Waals surface area contributed by atoms with Gasteiger partial charge in [0.25, 0.3) is 0 Å². The number of rotatable bonds is 0. The van der Waals surface area contributed by atoms with E-state index in [1.165, 1.54) is 0 Å². The Morgan fingerprint density at radius 1 is 1.15 bits per heavy atom. The minimum absolute atomic E-state index is 0. The van der Waals surface area contributed by atoms with E-state index in [0.29, 0.717) is 0 Å². The van der Waals surface area contributed by atoms with Crippen molar-refractivity contribution in [2.24, 2.45) is 0 Å². The monoisotopic (exact) mass is 517 g/mol. The molecule has 0 spiro atoms. The van der Waals surface area contributed by atoms with Crippen LogP contribution in [0.3, 0.4) is 0 Å². The summed E-state index contributed by atoms with van der Waals surface area (Å²) in [6, 6.07) is 0. The minimum atomic E-state index is -5.62. The molecule has 0 saturated carbocycles. The van der Waals surface area contributed by atoms with Crippen LogP contribution in [-0.2, 0) is 31.2 Å². The molecule has 79 valence electrons. The third-order valence-corrected chi connectivity index (χ3v) is 0. The van der Waals surface area contributed by atoms with Crippen molar-refractivity contribution in [2.75, 3.05) is 0 Å². The van der Waals surface area contributed by atoms with Crippen LogP contribution in [0, 0.1) is 0 Å². The Labute approximate surface area is 107 Å². The summed E-state index contributed by atoms with van der Waals surface area (Å²) >= 11 is -5.62. The molecular weight excluding hydrogens is 514 g/mol. The van der Waals surface area contributed by atoms with Crippen LogP contribution in [0.15, 0.2) is 0 Å². The summed E-state index contributed by atoms with van der Waals surface area (Å²) in [5.41, 5.74) is 0. The van der Waals surface area contributed by atoms with Crippen molar-refractivity contribution in [1.29, 1.82) is 0 Å². The molecule has 0 aliphatic rings. The average molecular weight is 516 g/mol. The fourth-order valence-corrected chi connectivity index (χ4v) is 0. The second-order valence-corrected chi connectivity index (χ2v) is 3.66. The van der Waals surface area contributed by atoms with Crippen LogP contribution in [0.4, 0.5) is 0 Å². The van der Waals surface area contributed by atoms with Crippen LogP contribution in [0.2, 0.25) is 0 Å². The third kappa shape index (κ3) is 785. The first kappa shape index (κ1) is 29.3. The molecule has 0 aliphatic heterocycles. The van der Waals surface area contributed by atoms with Crippen LogP contribution in [0.25, 0.3) is 0 Å². The van der Waals surface area contributed by atoms with E-state index >= 15 is 0 Å². The SMILES string of the molecule is O=S(=O)([O-])[O-].O=[As]([O-])([O-])O.[Fe+3].[OH-].[Pb+2]. The molecular formula is H2AsFeO9PbS. The first-order chi connectivity index (χ1) is 4.00. The van der Waals surface area contributed by atoms with E-state index in [0.717, 1.165) is 0 Å². The van der Waals surface area contributed by atoms with Gasteiger partial charge in [-0.05, 0) is 0 Å². The second-order valence-electron chi connectivity index (χ2n) is 0.877. The molecule has 0 heterocycles. The topological polar surface area (TPSA) is 194 Å². The third-order valence-electron chi connectivity index (χ3n) is 0. The Kier molecular flexibility index (Phi) is 26.1. The van der Waals surface area contributed by atoms with Gasteiger partial charge in [-0.25, -0.2) is 0 Å². The number of hydrogen-bond acceptors (Lipinski definition) is 8. The minimum Gasteiger partial charge on any atom is -0.870 e. The zero-order valence-electron chi connectivity index (χ0n) is 5.46. The van der Waals surface area contributed by atoms with Gasteiger partial charge in [-0.3, -0.25) is 8.42 Å². The smallest absolute Gasteiger partial charge is 0.870 e. The predicted molar refractivity (Wildman–Crippen MR) is 26.8 cm³/mol. The van der Waals surface area contributed by atoms with E-state index < -0.39 is 24.9 Å². The molecule has 9 nitrogen and oxygen atoms in total. The Morgan fingerprint density at radius 3 is 1.15 bits per heavy atom. The van der Waals surface area contributed by atoms with Crippen LogP contribution in [0.1, 0.15) is 0 Å². The molecule has 2 N–H and O–H groups in total. The van der Waals surface area contributed by atoms with E-state index in [-0.39, 0.29) is 49.8 Å². The van der Waals surface area contributed by atoms with Crippen LogP contribution < -0.4 is 8.19 Å². The Bertz CT molecular complexity index is 198. The molecule has 0 aromatic carbocycles. The van der Waals surface area contributed by atoms with Crippen molar-refractivity contribution in [1.82, 2.24) is 0 Å². The van der Waals surface area contributed by atoms with E-state index in [9.17, 15) is 0 Å².